The number of carboxylic acid groups (broad SMARTS) is 4. The summed E-state index contributed by atoms with van der Waals surface area (Å²) in [5.41, 5.74) is 0.484. The molecule has 1 aromatic carbocycles. The Morgan fingerprint density at radius 3 is 1.41 bits per heavy atom. The van der Waals surface area contributed by atoms with Gasteiger partial charge in [0.15, 0.2) is 0 Å². The van der Waals surface area contributed by atoms with Gasteiger partial charge >= 0.3 is 30.3 Å². The van der Waals surface area contributed by atoms with Gasteiger partial charge in [0.25, 0.3) is 6.36 Å². The first kappa shape index (κ1) is 33.7. The average molecular weight is 593 g/mol. The van der Waals surface area contributed by atoms with Crippen molar-refractivity contribution < 1.29 is 57.5 Å². The number of nitrogens with zero attached hydrogens (tertiary/aromatic N) is 4. The van der Waals surface area contributed by atoms with Crippen molar-refractivity contribution in [3.63, 3.8) is 0 Å². The van der Waals surface area contributed by atoms with Gasteiger partial charge in [-0.2, -0.15) is 4.39 Å². The van der Waals surface area contributed by atoms with E-state index >= 15 is 0 Å². The van der Waals surface area contributed by atoms with Gasteiger partial charge < -0.3 is 25.2 Å². The van der Waals surface area contributed by atoms with Crippen LogP contribution >= 0.6 is 0 Å². The van der Waals surface area contributed by atoms with Gasteiger partial charge in [0.1, 0.15) is 11.8 Å². The zero-order valence-corrected chi connectivity index (χ0v) is 22.3. The Balaban J connectivity index is 2.26. The molecule has 0 amide bonds. The maximum Gasteiger partial charge on any atom is 0.321 e. The minimum absolute atomic E-state index is 0.0479. The summed E-state index contributed by atoms with van der Waals surface area (Å²) in [6.45, 7) is 0.201. The van der Waals surface area contributed by atoms with Crippen LogP contribution in [-0.2, 0) is 25.6 Å². The lowest BCUT2D eigenvalue weighted by atomic mass is 10.0. The van der Waals surface area contributed by atoms with Gasteiger partial charge in [-0.3, -0.25) is 38.8 Å². The first-order valence-electron chi connectivity index (χ1n) is 12.8. The van der Waals surface area contributed by atoms with Crippen molar-refractivity contribution in [1.29, 1.82) is 0 Å². The summed E-state index contributed by atoms with van der Waals surface area (Å²) < 4.78 is 42.5. The molecule has 0 spiro atoms. The van der Waals surface area contributed by atoms with E-state index in [1.807, 2.05) is 0 Å². The number of rotatable bonds is 13. The lowest BCUT2D eigenvalue weighted by Gasteiger charge is -2.35. The van der Waals surface area contributed by atoms with Crippen LogP contribution < -0.4 is 4.74 Å². The SMILES string of the molecule is O=C(O)CN1CCN(CC(=O)O)CCN(C(Cc2ccc(OC(F)C(F)F)cc2)C(=O)O)CCN(CC(=O)O)CC1. The molecule has 0 aliphatic carbocycles. The molecule has 230 valence electrons. The highest BCUT2D eigenvalue weighted by molar-refractivity contribution is 5.74. The second-order valence-corrected chi connectivity index (χ2v) is 9.55. The van der Waals surface area contributed by atoms with Crippen LogP contribution in [0.5, 0.6) is 5.75 Å². The lowest BCUT2D eigenvalue weighted by Crippen LogP contribution is -2.52. The van der Waals surface area contributed by atoms with Crippen molar-refractivity contribution in [3.8, 4) is 5.75 Å². The first-order chi connectivity index (χ1) is 19.3. The van der Waals surface area contributed by atoms with E-state index in [0.717, 1.165) is 0 Å². The Bertz CT molecular complexity index is 987. The molecule has 1 aromatic rings. The van der Waals surface area contributed by atoms with Crippen LogP contribution in [0.3, 0.4) is 0 Å². The van der Waals surface area contributed by atoms with Gasteiger partial charge in [0.2, 0.25) is 0 Å². The smallest absolute Gasteiger partial charge is 0.321 e. The summed E-state index contributed by atoms with van der Waals surface area (Å²) >= 11 is 0. The third-order valence-corrected chi connectivity index (χ3v) is 6.47. The van der Waals surface area contributed by atoms with E-state index in [2.05, 4.69) is 4.74 Å². The lowest BCUT2D eigenvalue weighted by molar-refractivity contribution is -0.144. The highest BCUT2D eigenvalue weighted by Gasteiger charge is 2.28. The fraction of sp³-hybridized carbons (Fsp3) is 0.600. The molecule has 1 saturated heterocycles. The highest BCUT2D eigenvalue weighted by Crippen LogP contribution is 2.19. The summed E-state index contributed by atoms with van der Waals surface area (Å²) in [4.78, 5) is 52.9. The average Bonchev–Trinajstić information content (AvgIpc) is 2.87. The predicted octanol–water partition coefficient (Wildman–Crippen LogP) is 0.0972. The van der Waals surface area contributed by atoms with Gasteiger partial charge in [0, 0.05) is 52.4 Å². The number of hydrogen-bond acceptors (Lipinski definition) is 9. The minimum Gasteiger partial charge on any atom is -0.480 e. The summed E-state index contributed by atoms with van der Waals surface area (Å²) in [6.07, 6.45) is -6.19. The van der Waals surface area contributed by atoms with Gasteiger partial charge in [-0.25, -0.2) is 8.78 Å². The van der Waals surface area contributed by atoms with E-state index in [1.54, 1.807) is 19.6 Å². The number of benzene rings is 1. The van der Waals surface area contributed by atoms with E-state index in [1.165, 1.54) is 24.3 Å². The number of alkyl halides is 3. The zero-order valence-electron chi connectivity index (χ0n) is 22.3. The second-order valence-electron chi connectivity index (χ2n) is 9.55. The Kier molecular flexibility index (Phi) is 13.8. The van der Waals surface area contributed by atoms with Gasteiger partial charge in [-0.05, 0) is 24.1 Å². The first-order valence-corrected chi connectivity index (χ1v) is 12.8. The fourth-order valence-corrected chi connectivity index (χ4v) is 4.39. The molecular formula is C25H35F3N4O9. The van der Waals surface area contributed by atoms with Crippen LogP contribution in [0.4, 0.5) is 13.2 Å². The molecule has 1 aliphatic heterocycles. The molecule has 41 heavy (non-hydrogen) atoms. The topological polar surface area (TPSA) is 171 Å². The molecular weight excluding hydrogens is 557 g/mol. The minimum atomic E-state index is -3.33. The van der Waals surface area contributed by atoms with E-state index in [4.69, 9.17) is 0 Å². The third kappa shape index (κ3) is 12.7. The van der Waals surface area contributed by atoms with E-state index in [0.29, 0.717) is 5.56 Å². The number of aliphatic carboxylic acids is 4. The molecule has 2 rings (SSSR count). The van der Waals surface area contributed by atoms with E-state index in [9.17, 15) is 52.8 Å². The van der Waals surface area contributed by atoms with Crippen molar-refractivity contribution in [2.24, 2.45) is 0 Å². The van der Waals surface area contributed by atoms with Gasteiger partial charge in [-0.1, -0.05) is 12.1 Å². The third-order valence-electron chi connectivity index (χ3n) is 6.47. The molecule has 2 atom stereocenters. The van der Waals surface area contributed by atoms with E-state index < -0.39 is 42.7 Å². The Morgan fingerprint density at radius 1 is 0.683 bits per heavy atom. The van der Waals surface area contributed by atoms with Crippen LogP contribution in [0.2, 0.25) is 0 Å². The maximum absolute atomic E-state index is 13.2. The standard InChI is InChI=1S/C25H35F3N4O9/c26-23(27)24(28)41-18-3-1-17(2-4-18)13-19(25(39)40)32-11-9-30(15-21(35)36)7-5-29(14-20(33)34)6-8-31(10-12-32)16-22(37)38/h1-4,19,23-24H,5-16H2,(H,33,34)(H,35,36)(H,37,38)(H,39,40). The van der Waals surface area contributed by atoms with Crippen LogP contribution in [0.1, 0.15) is 5.56 Å². The number of carbonyl (C=O) groups is 4. The molecule has 0 bridgehead atoms. The second kappa shape index (κ2) is 16.7. The number of halogens is 3. The molecule has 1 fully saturated rings. The molecule has 13 nitrogen and oxygen atoms in total. The molecule has 0 saturated carbocycles. The summed E-state index contributed by atoms with van der Waals surface area (Å²) in [7, 11) is 0. The Hall–Kier alpha value is -3.47. The van der Waals surface area contributed by atoms with Gasteiger partial charge in [0.05, 0.1) is 19.6 Å². The van der Waals surface area contributed by atoms with Crippen LogP contribution in [0.15, 0.2) is 24.3 Å². The molecule has 16 heteroatoms. The number of hydrogen-bond donors (Lipinski definition) is 4. The Morgan fingerprint density at radius 2 is 1.07 bits per heavy atom. The molecule has 1 aliphatic rings. The van der Waals surface area contributed by atoms with Crippen LogP contribution in [-0.4, -0.2) is 155 Å². The van der Waals surface area contributed by atoms with Crippen LogP contribution in [0.25, 0.3) is 0 Å². The molecule has 0 radical (unpaired) electrons. The molecule has 1 heterocycles. The van der Waals surface area contributed by atoms with Crippen molar-refractivity contribution in [1.82, 2.24) is 19.6 Å². The monoisotopic (exact) mass is 592 g/mol. The Labute approximate surface area is 234 Å². The normalized spacial score (nSPS) is 18.6. The van der Waals surface area contributed by atoms with Crippen molar-refractivity contribution in [3.05, 3.63) is 29.8 Å². The summed E-state index contributed by atoms with van der Waals surface area (Å²) in [6, 6.07) is 4.20. The highest BCUT2D eigenvalue weighted by atomic mass is 19.3. The quantitative estimate of drug-likeness (QED) is 0.243. The molecule has 0 aromatic heterocycles. The molecule has 4 N–H and O–H groups in total. The number of ether oxygens (including phenoxy) is 1. The van der Waals surface area contributed by atoms with Gasteiger partial charge in [-0.15, -0.1) is 0 Å². The van der Waals surface area contributed by atoms with Crippen molar-refractivity contribution in [2.45, 2.75) is 25.2 Å². The zero-order chi connectivity index (χ0) is 30.5. The maximum atomic E-state index is 13.2. The van der Waals surface area contributed by atoms with E-state index in [-0.39, 0.29) is 84.2 Å². The van der Waals surface area contributed by atoms with Crippen molar-refractivity contribution in [2.75, 3.05) is 72.0 Å². The van der Waals surface area contributed by atoms with Crippen molar-refractivity contribution >= 4 is 23.9 Å². The van der Waals surface area contributed by atoms with Crippen LogP contribution in [0, 0.1) is 0 Å². The molecule has 2 unspecified atom stereocenters. The summed E-state index contributed by atoms with van der Waals surface area (Å²) in [5.74, 6) is -4.66. The summed E-state index contributed by atoms with van der Waals surface area (Å²) in [5, 5.41) is 38.0. The largest absolute Gasteiger partial charge is 0.480 e. The predicted molar refractivity (Wildman–Crippen MR) is 137 cm³/mol. The fourth-order valence-electron chi connectivity index (χ4n) is 4.39. The number of carboxylic acids is 4.